The van der Waals surface area contributed by atoms with Crippen LogP contribution >= 0.6 is 0 Å². The zero-order valence-electron chi connectivity index (χ0n) is 11.6. The molecule has 0 radical (unpaired) electrons. The van der Waals surface area contributed by atoms with Gasteiger partial charge in [-0.1, -0.05) is 32.9 Å². The van der Waals surface area contributed by atoms with Gasteiger partial charge in [0.25, 0.3) is 0 Å². The lowest BCUT2D eigenvalue weighted by Gasteiger charge is -2.21. The molecular weight excluding hydrogens is 240 g/mol. The smallest absolute Gasteiger partial charge is 0.227 e. The molecule has 2 amide bonds. The fraction of sp³-hybridized carbons (Fsp3) is 0.467. The minimum Gasteiger partial charge on any atom is -0.369 e. The van der Waals surface area contributed by atoms with Crippen molar-refractivity contribution in [3.63, 3.8) is 0 Å². The van der Waals surface area contributed by atoms with Crippen LogP contribution in [-0.4, -0.2) is 18.4 Å². The van der Waals surface area contributed by atoms with Crippen LogP contribution in [0.1, 0.15) is 32.8 Å². The fourth-order valence-corrected chi connectivity index (χ4v) is 2.29. The third-order valence-electron chi connectivity index (χ3n) is 3.57. The summed E-state index contributed by atoms with van der Waals surface area (Å²) in [7, 11) is 0. The highest BCUT2D eigenvalue weighted by Gasteiger charge is 2.33. The van der Waals surface area contributed by atoms with Gasteiger partial charge in [0, 0.05) is 18.7 Å². The summed E-state index contributed by atoms with van der Waals surface area (Å²) in [5.41, 5.74) is 7.40. The standard InChI is InChI=1S/C15H20N2O2/c1-15(2,3)11-4-6-12(7-5-11)17-9-10(14(16)19)8-13(17)18/h4-7,10H,8-9H2,1-3H3,(H2,16,19). The molecule has 19 heavy (non-hydrogen) atoms. The normalized spacial score (nSPS) is 19.8. The molecule has 0 spiro atoms. The van der Waals surface area contributed by atoms with Crippen molar-refractivity contribution in [1.82, 2.24) is 0 Å². The van der Waals surface area contributed by atoms with Crippen LogP contribution in [0, 0.1) is 5.92 Å². The SMILES string of the molecule is CC(C)(C)c1ccc(N2CC(C(N)=O)CC2=O)cc1. The average Bonchev–Trinajstić information content (AvgIpc) is 2.70. The molecule has 0 aromatic heterocycles. The van der Waals surface area contributed by atoms with Crippen molar-refractivity contribution in [3.8, 4) is 0 Å². The summed E-state index contributed by atoms with van der Waals surface area (Å²) >= 11 is 0. The number of amides is 2. The Balaban J connectivity index is 2.19. The first kappa shape index (κ1) is 13.6. The van der Waals surface area contributed by atoms with Crippen LogP contribution in [0.5, 0.6) is 0 Å². The maximum Gasteiger partial charge on any atom is 0.227 e. The molecular formula is C15H20N2O2. The monoisotopic (exact) mass is 260 g/mol. The summed E-state index contributed by atoms with van der Waals surface area (Å²) in [6.07, 6.45) is 0.219. The molecule has 1 saturated heterocycles. The molecule has 102 valence electrons. The lowest BCUT2D eigenvalue weighted by molar-refractivity contribution is -0.123. The molecule has 1 aromatic rings. The Kier molecular flexibility index (Phi) is 3.35. The van der Waals surface area contributed by atoms with E-state index in [9.17, 15) is 9.59 Å². The number of benzene rings is 1. The number of nitrogens with zero attached hydrogens (tertiary/aromatic N) is 1. The van der Waals surface area contributed by atoms with Gasteiger partial charge in [-0.15, -0.1) is 0 Å². The molecule has 1 unspecified atom stereocenters. The molecule has 1 aromatic carbocycles. The zero-order valence-corrected chi connectivity index (χ0v) is 11.6. The van der Waals surface area contributed by atoms with E-state index in [2.05, 4.69) is 20.8 Å². The maximum absolute atomic E-state index is 11.9. The van der Waals surface area contributed by atoms with Gasteiger partial charge in [-0.3, -0.25) is 9.59 Å². The van der Waals surface area contributed by atoms with Crippen molar-refractivity contribution >= 4 is 17.5 Å². The number of primary amides is 1. The summed E-state index contributed by atoms with van der Waals surface area (Å²) in [6.45, 7) is 6.83. The van der Waals surface area contributed by atoms with E-state index in [1.165, 1.54) is 5.56 Å². The summed E-state index contributed by atoms with van der Waals surface area (Å²) in [5.74, 6) is -0.802. The first-order valence-corrected chi connectivity index (χ1v) is 6.49. The topological polar surface area (TPSA) is 63.4 Å². The Morgan fingerprint density at radius 2 is 1.84 bits per heavy atom. The Hall–Kier alpha value is -1.84. The van der Waals surface area contributed by atoms with E-state index in [1.54, 1.807) is 4.90 Å². The van der Waals surface area contributed by atoms with Gasteiger partial charge in [0.15, 0.2) is 0 Å². The van der Waals surface area contributed by atoms with E-state index < -0.39 is 5.91 Å². The molecule has 1 aliphatic heterocycles. The van der Waals surface area contributed by atoms with Gasteiger partial charge in [0.2, 0.25) is 11.8 Å². The zero-order chi connectivity index (χ0) is 14.2. The van der Waals surface area contributed by atoms with E-state index in [4.69, 9.17) is 5.73 Å². The molecule has 1 aliphatic rings. The second kappa shape index (κ2) is 4.68. The minimum absolute atomic E-state index is 0.0349. The van der Waals surface area contributed by atoms with Gasteiger partial charge in [-0.25, -0.2) is 0 Å². The van der Waals surface area contributed by atoms with Crippen molar-refractivity contribution in [1.29, 1.82) is 0 Å². The van der Waals surface area contributed by atoms with Crippen LogP contribution in [0.4, 0.5) is 5.69 Å². The number of nitrogens with two attached hydrogens (primary N) is 1. The van der Waals surface area contributed by atoms with Gasteiger partial charge < -0.3 is 10.6 Å². The van der Waals surface area contributed by atoms with E-state index in [0.717, 1.165) is 5.69 Å². The molecule has 0 bridgehead atoms. The minimum atomic E-state index is -0.401. The highest BCUT2D eigenvalue weighted by molar-refractivity contribution is 6.00. The summed E-state index contributed by atoms with van der Waals surface area (Å²) in [5, 5.41) is 0. The molecule has 0 saturated carbocycles. The lowest BCUT2D eigenvalue weighted by atomic mass is 9.87. The molecule has 0 aliphatic carbocycles. The van der Waals surface area contributed by atoms with Crippen molar-refractivity contribution in [2.24, 2.45) is 11.7 Å². The van der Waals surface area contributed by atoms with Crippen LogP contribution in [0.2, 0.25) is 0 Å². The Morgan fingerprint density at radius 3 is 2.26 bits per heavy atom. The number of hydrogen-bond acceptors (Lipinski definition) is 2. The Morgan fingerprint density at radius 1 is 1.26 bits per heavy atom. The predicted octanol–water partition coefficient (Wildman–Crippen LogP) is 1.82. The Bertz CT molecular complexity index is 500. The molecule has 2 rings (SSSR count). The van der Waals surface area contributed by atoms with Crippen LogP contribution < -0.4 is 10.6 Å². The van der Waals surface area contributed by atoms with E-state index >= 15 is 0 Å². The molecule has 2 N–H and O–H groups in total. The van der Waals surface area contributed by atoms with Crippen molar-refractivity contribution < 1.29 is 9.59 Å². The van der Waals surface area contributed by atoms with Gasteiger partial charge in [-0.05, 0) is 23.1 Å². The highest BCUT2D eigenvalue weighted by atomic mass is 16.2. The third-order valence-corrected chi connectivity index (χ3v) is 3.57. The first-order chi connectivity index (χ1) is 8.79. The van der Waals surface area contributed by atoms with Gasteiger partial charge in [0.05, 0.1) is 5.92 Å². The fourth-order valence-electron chi connectivity index (χ4n) is 2.29. The summed E-state index contributed by atoms with van der Waals surface area (Å²) in [6, 6.07) is 7.92. The van der Waals surface area contributed by atoms with Crippen LogP contribution in [-0.2, 0) is 15.0 Å². The summed E-state index contributed by atoms with van der Waals surface area (Å²) in [4.78, 5) is 24.7. The predicted molar refractivity (Wildman–Crippen MR) is 74.8 cm³/mol. The van der Waals surface area contributed by atoms with Crippen molar-refractivity contribution in [3.05, 3.63) is 29.8 Å². The van der Waals surface area contributed by atoms with E-state index in [1.807, 2.05) is 24.3 Å². The Labute approximate surface area is 113 Å². The molecule has 1 atom stereocenters. The van der Waals surface area contributed by atoms with Gasteiger partial charge in [-0.2, -0.15) is 0 Å². The first-order valence-electron chi connectivity index (χ1n) is 6.49. The number of rotatable bonds is 2. The summed E-state index contributed by atoms with van der Waals surface area (Å²) < 4.78 is 0. The number of anilines is 1. The molecule has 4 heteroatoms. The van der Waals surface area contributed by atoms with E-state index in [-0.39, 0.29) is 23.7 Å². The second-order valence-corrected chi connectivity index (χ2v) is 6.10. The van der Waals surface area contributed by atoms with Gasteiger partial charge >= 0.3 is 0 Å². The largest absolute Gasteiger partial charge is 0.369 e. The van der Waals surface area contributed by atoms with Crippen LogP contribution in [0.25, 0.3) is 0 Å². The molecule has 4 nitrogen and oxygen atoms in total. The maximum atomic E-state index is 11.9. The van der Waals surface area contributed by atoms with Crippen molar-refractivity contribution in [2.75, 3.05) is 11.4 Å². The molecule has 1 heterocycles. The van der Waals surface area contributed by atoms with E-state index in [0.29, 0.717) is 6.54 Å². The average molecular weight is 260 g/mol. The van der Waals surface area contributed by atoms with Crippen LogP contribution in [0.15, 0.2) is 24.3 Å². The van der Waals surface area contributed by atoms with Gasteiger partial charge in [0.1, 0.15) is 0 Å². The highest BCUT2D eigenvalue weighted by Crippen LogP contribution is 2.28. The third kappa shape index (κ3) is 2.78. The van der Waals surface area contributed by atoms with Crippen molar-refractivity contribution in [2.45, 2.75) is 32.6 Å². The number of hydrogen-bond donors (Lipinski definition) is 1. The molecule has 1 fully saturated rings. The second-order valence-electron chi connectivity index (χ2n) is 6.10. The number of carbonyl (C=O) groups is 2. The van der Waals surface area contributed by atoms with Crippen LogP contribution in [0.3, 0.4) is 0 Å². The quantitative estimate of drug-likeness (QED) is 0.881. The lowest BCUT2D eigenvalue weighted by Crippen LogP contribution is -2.28. The number of carbonyl (C=O) groups excluding carboxylic acids is 2.